The first kappa shape index (κ1) is 21.7. The van der Waals surface area contributed by atoms with Gasteiger partial charge in [0.15, 0.2) is 5.96 Å². The zero-order valence-electron chi connectivity index (χ0n) is 15.9. The van der Waals surface area contributed by atoms with Crippen molar-refractivity contribution in [1.29, 1.82) is 0 Å². The number of guanidine groups is 1. The summed E-state index contributed by atoms with van der Waals surface area (Å²) in [5.41, 5.74) is 9.85. The van der Waals surface area contributed by atoms with Crippen molar-refractivity contribution in [3.63, 3.8) is 0 Å². The van der Waals surface area contributed by atoms with Crippen LogP contribution in [0.3, 0.4) is 0 Å². The summed E-state index contributed by atoms with van der Waals surface area (Å²) in [7, 11) is 0. The molecule has 1 saturated heterocycles. The van der Waals surface area contributed by atoms with Crippen LogP contribution < -0.4 is 11.1 Å². The molecule has 0 aliphatic carbocycles. The number of nitrogens with zero attached hydrogens (tertiary/aromatic N) is 2. The van der Waals surface area contributed by atoms with Crippen molar-refractivity contribution in [3.8, 4) is 0 Å². The van der Waals surface area contributed by atoms with Crippen molar-refractivity contribution in [2.75, 3.05) is 19.6 Å². The predicted octanol–water partition coefficient (Wildman–Crippen LogP) is 3.94. The van der Waals surface area contributed by atoms with E-state index in [9.17, 15) is 0 Å². The van der Waals surface area contributed by atoms with Gasteiger partial charge in [-0.1, -0.05) is 61.0 Å². The van der Waals surface area contributed by atoms with E-state index < -0.39 is 0 Å². The third kappa shape index (κ3) is 7.89. The molecule has 4 nitrogen and oxygen atoms in total. The van der Waals surface area contributed by atoms with Crippen molar-refractivity contribution in [3.05, 3.63) is 71.3 Å². The Kier molecular flexibility index (Phi) is 9.62. The van der Waals surface area contributed by atoms with Crippen molar-refractivity contribution in [1.82, 2.24) is 10.2 Å². The van der Waals surface area contributed by atoms with E-state index >= 15 is 0 Å². The highest BCUT2D eigenvalue weighted by atomic mass is 127. The van der Waals surface area contributed by atoms with Crippen molar-refractivity contribution in [2.24, 2.45) is 10.7 Å². The standard InChI is InChI=1S/C22H30N4.HI/c23-22(24-14-13-19-7-3-1-4-8-19)25-17-20-9-11-21(12-10-20)18-26-15-5-2-6-16-26;/h1,3-4,7-12H,2,5-6,13-18H2,(H3,23,24,25);1H. The van der Waals surface area contributed by atoms with Gasteiger partial charge in [0.1, 0.15) is 0 Å². The van der Waals surface area contributed by atoms with Crippen LogP contribution in [0.1, 0.15) is 36.0 Å². The number of aliphatic imine (C=N–C) groups is 1. The molecule has 5 heteroatoms. The van der Waals surface area contributed by atoms with Crippen LogP contribution in [0, 0.1) is 0 Å². The lowest BCUT2D eigenvalue weighted by Gasteiger charge is -2.26. The molecule has 2 aromatic carbocycles. The molecule has 2 aromatic rings. The van der Waals surface area contributed by atoms with E-state index in [0.29, 0.717) is 12.5 Å². The van der Waals surface area contributed by atoms with Crippen LogP contribution in [0.2, 0.25) is 0 Å². The van der Waals surface area contributed by atoms with Gasteiger partial charge in [-0.05, 0) is 49.0 Å². The Morgan fingerprint density at radius 2 is 1.56 bits per heavy atom. The lowest BCUT2D eigenvalue weighted by Crippen LogP contribution is -2.33. The number of hydrogen-bond acceptors (Lipinski definition) is 2. The SMILES string of the molecule is I.NC(=NCc1ccc(CN2CCCCC2)cc1)NCCc1ccccc1. The maximum Gasteiger partial charge on any atom is 0.188 e. The van der Waals surface area contributed by atoms with Crippen LogP contribution in [-0.2, 0) is 19.5 Å². The largest absolute Gasteiger partial charge is 0.370 e. The Labute approximate surface area is 180 Å². The second-order valence-corrected chi connectivity index (χ2v) is 7.02. The molecule has 3 rings (SSSR count). The summed E-state index contributed by atoms with van der Waals surface area (Å²) in [6.45, 7) is 4.95. The number of halogens is 1. The van der Waals surface area contributed by atoms with Crippen LogP contribution in [0.4, 0.5) is 0 Å². The van der Waals surface area contributed by atoms with E-state index in [2.05, 4.69) is 63.7 Å². The van der Waals surface area contributed by atoms with E-state index in [4.69, 9.17) is 5.73 Å². The van der Waals surface area contributed by atoms with Crippen molar-refractivity contribution >= 4 is 29.9 Å². The molecule has 0 radical (unpaired) electrons. The molecule has 0 spiro atoms. The van der Waals surface area contributed by atoms with Gasteiger partial charge in [0.05, 0.1) is 6.54 Å². The molecule has 0 amide bonds. The number of hydrogen-bond donors (Lipinski definition) is 2. The molecule has 146 valence electrons. The van der Waals surface area contributed by atoms with Gasteiger partial charge in [-0.3, -0.25) is 4.90 Å². The Balaban J connectivity index is 0.00000261. The zero-order valence-corrected chi connectivity index (χ0v) is 18.3. The normalized spacial score (nSPS) is 15.2. The van der Waals surface area contributed by atoms with Gasteiger partial charge in [-0.25, -0.2) is 4.99 Å². The fourth-order valence-corrected chi connectivity index (χ4v) is 3.34. The van der Waals surface area contributed by atoms with Crippen LogP contribution in [-0.4, -0.2) is 30.5 Å². The summed E-state index contributed by atoms with van der Waals surface area (Å²) in [4.78, 5) is 6.99. The summed E-state index contributed by atoms with van der Waals surface area (Å²) in [6.07, 6.45) is 5.00. The summed E-state index contributed by atoms with van der Waals surface area (Å²) >= 11 is 0. The van der Waals surface area contributed by atoms with E-state index in [1.165, 1.54) is 49.0 Å². The first-order valence-electron chi connectivity index (χ1n) is 9.67. The van der Waals surface area contributed by atoms with Crippen LogP contribution >= 0.6 is 24.0 Å². The first-order valence-corrected chi connectivity index (χ1v) is 9.67. The predicted molar refractivity (Wildman–Crippen MR) is 124 cm³/mol. The number of benzene rings is 2. The number of rotatable bonds is 7. The second-order valence-electron chi connectivity index (χ2n) is 7.02. The van der Waals surface area contributed by atoms with Gasteiger partial charge in [-0.2, -0.15) is 0 Å². The van der Waals surface area contributed by atoms with Gasteiger partial charge in [0.25, 0.3) is 0 Å². The minimum absolute atomic E-state index is 0. The average Bonchev–Trinajstić information content (AvgIpc) is 2.69. The summed E-state index contributed by atoms with van der Waals surface area (Å²) in [5, 5.41) is 3.19. The maximum atomic E-state index is 5.97. The third-order valence-electron chi connectivity index (χ3n) is 4.87. The van der Waals surface area contributed by atoms with Crippen molar-refractivity contribution in [2.45, 2.75) is 38.8 Å². The highest BCUT2D eigenvalue weighted by Gasteiger charge is 2.10. The lowest BCUT2D eigenvalue weighted by molar-refractivity contribution is 0.221. The first-order chi connectivity index (χ1) is 12.8. The Morgan fingerprint density at radius 1 is 0.889 bits per heavy atom. The molecule has 1 aliphatic heterocycles. The van der Waals surface area contributed by atoms with Gasteiger partial charge in [0.2, 0.25) is 0 Å². The third-order valence-corrected chi connectivity index (χ3v) is 4.87. The summed E-state index contributed by atoms with van der Waals surface area (Å²) in [5.74, 6) is 0.512. The van der Waals surface area contributed by atoms with Crippen LogP contribution in [0.15, 0.2) is 59.6 Å². The molecule has 27 heavy (non-hydrogen) atoms. The molecule has 0 aromatic heterocycles. The molecular formula is C22H31IN4. The fourth-order valence-electron chi connectivity index (χ4n) is 3.34. The van der Waals surface area contributed by atoms with Crippen LogP contribution in [0.5, 0.6) is 0 Å². The molecule has 0 atom stereocenters. The Morgan fingerprint density at radius 3 is 2.26 bits per heavy atom. The smallest absolute Gasteiger partial charge is 0.188 e. The van der Waals surface area contributed by atoms with Crippen molar-refractivity contribution < 1.29 is 0 Å². The molecule has 1 heterocycles. The number of likely N-dealkylation sites (tertiary alicyclic amines) is 1. The monoisotopic (exact) mass is 478 g/mol. The van der Waals surface area contributed by atoms with E-state index in [1.54, 1.807) is 0 Å². The van der Waals surface area contributed by atoms with Gasteiger partial charge < -0.3 is 11.1 Å². The number of nitrogens with two attached hydrogens (primary N) is 1. The lowest BCUT2D eigenvalue weighted by atomic mass is 10.1. The van der Waals surface area contributed by atoms with Gasteiger partial charge >= 0.3 is 0 Å². The summed E-state index contributed by atoms with van der Waals surface area (Å²) in [6, 6.07) is 19.2. The quantitative estimate of drug-likeness (QED) is 0.360. The topological polar surface area (TPSA) is 53.6 Å². The van der Waals surface area contributed by atoms with E-state index in [1.807, 2.05) is 6.07 Å². The highest BCUT2D eigenvalue weighted by Crippen LogP contribution is 2.14. The zero-order chi connectivity index (χ0) is 18.0. The Bertz CT molecular complexity index is 679. The van der Waals surface area contributed by atoms with Gasteiger partial charge in [0, 0.05) is 13.1 Å². The molecular weight excluding hydrogens is 447 g/mol. The molecule has 0 unspecified atom stereocenters. The number of piperidine rings is 1. The maximum absolute atomic E-state index is 5.97. The highest BCUT2D eigenvalue weighted by molar-refractivity contribution is 14.0. The fraction of sp³-hybridized carbons (Fsp3) is 0.409. The Hall–Kier alpha value is -1.60. The average molecular weight is 478 g/mol. The second kappa shape index (κ2) is 12.0. The molecule has 0 bridgehead atoms. The molecule has 1 fully saturated rings. The molecule has 0 saturated carbocycles. The number of nitrogens with one attached hydrogen (secondary N) is 1. The molecule has 3 N–H and O–H groups in total. The van der Waals surface area contributed by atoms with E-state index in [-0.39, 0.29) is 24.0 Å². The minimum Gasteiger partial charge on any atom is -0.370 e. The summed E-state index contributed by atoms with van der Waals surface area (Å²) < 4.78 is 0. The minimum atomic E-state index is 0. The van der Waals surface area contributed by atoms with E-state index in [0.717, 1.165) is 19.5 Å². The van der Waals surface area contributed by atoms with Crippen LogP contribution in [0.25, 0.3) is 0 Å². The molecule has 1 aliphatic rings. The van der Waals surface area contributed by atoms with Gasteiger partial charge in [-0.15, -0.1) is 24.0 Å².